The molecule has 0 radical (unpaired) electrons. The standard InChI is InChI=1S/C19H18Cl2O5/c1-2-24-17-12-13(3-8-18(22)23)11-16(21)19(17)26-10-9-25-15-6-4-14(20)5-7-15/h3-8,11-12H,2,9-10H2,1H3,(H,22,23). The summed E-state index contributed by atoms with van der Waals surface area (Å²) in [5.41, 5.74) is 0.602. The van der Waals surface area contributed by atoms with Gasteiger partial charge in [0.15, 0.2) is 11.5 Å². The van der Waals surface area contributed by atoms with Crippen molar-refractivity contribution in [2.75, 3.05) is 19.8 Å². The number of carboxylic acids is 1. The zero-order valence-electron chi connectivity index (χ0n) is 14.1. The third-order valence-corrected chi connectivity index (χ3v) is 3.69. The van der Waals surface area contributed by atoms with Gasteiger partial charge in [-0.05, 0) is 55.0 Å². The Labute approximate surface area is 161 Å². The lowest BCUT2D eigenvalue weighted by Gasteiger charge is -2.15. The van der Waals surface area contributed by atoms with Gasteiger partial charge in [0.05, 0.1) is 11.6 Å². The zero-order chi connectivity index (χ0) is 18.9. The number of rotatable bonds is 9. The molecule has 0 aliphatic rings. The van der Waals surface area contributed by atoms with Gasteiger partial charge in [-0.15, -0.1) is 0 Å². The zero-order valence-corrected chi connectivity index (χ0v) is 15.6. The number of hydrogen-bond acceptors (Lipinski definition) is 4. The maximum atomic E-state index is 10.6. The van der Waals surface area contributed by atoms with Gasteiger partial charge in [0, 0.05) is 11.1 Å². The highest BCUT2D eigenvalue weighted by Gasteiger charge is 2.12. The molecule has 0 amide bonds. The van der Waals surface area contributed by atoms with Crippen LogP contribution in [-0.2, 0) is 4.79 Å². The molecule has 1 N–H and O–H groups in total. The third-order valence-electron chi connectivity index (χ3n) is 3.16. The number of halogens is 2. The van der Waals surface area contributed by atoms with Gasteiger partial charge in [-0.1, -0.05) is 23.2 Å². The molecule has 0 spiro atoms. The van der Waals surface area contributed by atoms with Crippen LogP contribution in [0.3, 0.4) is 0 Å². The average Bonchev–Trinajstić information content (AvgIpc) is 2.60. The van der Waals surface area contributed by atoms with Crippen LogP contribution >= 0.6 is 23.2 Å². The summed E-state index contributed by atoms with van der Waals surface area (Å²) in [6.45, 7) is 2.82. The first kappa shape index (κ1) is 19.9. The van der Waals surface area contributed by atoms with Gasteiger partial charge in [0.1, 0.15) is 19.0 Å². The lowest BCUT2D eigenvalue weighted by molar-refractivity contribution is -0.131. The van der Waals surface area contributed by atoms with Crippen molar-refractivity contribution >= 4 is 35.2 Å². The molecule has 2 rings (SSSR count). The molecule has 138 valence electrons. The van der Waals surface area contributed by atoms with Gasteiger partial charge in [-0.2, -0.15) is 0 Å². The van der Waals surface area contributed by atoms with Crippen molar-refractivity contribution in [1.82, 2.24) is 0 Å². The van der Waals surface area contributed by atoms with E-state index in [2.05, 4.69) is 0 Å². The number of carboxylic acid groups (broad SMARTS) is 1. The Kier molecular flexibility index (Phi) is 7.63. The molecule has 0 bridgehead atoms. The first-order valence-corrected chi connectivity index (χ1v) is 8.63. The minimum Gasteiger partial charge on any atom is -0.490 e. The lowest BCUT2D eigenvalue weighted by atomic mass is 10.2. The van der Waals surface area contributed by atoms with Gasteiger partial charge in [0.25, 0.3) is 0 Å². The number of carbonyl (C=O) groups is 1. The Morgan fingerprint density at radius 3 is 2.42 bits per heavy atom. The molecule has 0 fully saturated rings. The monoisotopic (exact) mass is 396 g/mol. The van der Waals surface area contributed by atoms with Gasteiger partial charge >= 0.3 is 5.97 Å². The van der Waals surface area contributed by atoms with E-state index in [0.717, 1.165) is 6.08 Å². The number of aliphatic carboxylic acids is 1. The van der Waals surface area contributed by atoms with E-state index in [0.29, 0.717) is 46.1 Å². The lowest BCUT2D eigenvalue weighted by Crippen LogP contribution is -2.10. The molecule has 5 nitrogen and oxygen atoms in total. The summed E-state index contributed by atoms with van der Waals surface area (Å²) in [7, 11) is 0. The third kappa shape index (κ3) is 6.17. The number of ether oxygens (including phenoxy) is 3. The van der Waals surface area contributed by atoms with E-state index in [4.69, 9.17) is 42.5 Å². The van der Waals surface area contributed by atoms with Crippen molar-refractivity contribution in [3.05, 3.63) is 58.1 Å². The molecule has 26 heavy (non-hydrogen) atoms. The van der Waals surface area contributed by atoms with Crippen molar-refractivity contribution in [2.24, 2.45) is 0 Å². The highest BCUT2D eigenvalue weighted by Crippen LogP contribution is 2.37. The molecular weight excluding hydrogens is 379 g/mol. The molecule has 0 heterocycles. The SMILES string of the molecule is CCOc1cc(C=CC(=O)O)cc(Cl)c1OCCOc1ccc(Cl)cc1. The quantitative estimate of drug-likeness (QED) is 0.479. The molecule has 2 aromatic rings. The molecule has 0 saturated carbocycles. The van der Waals surface area contributed by atoms with Gasteiger partial charge in [-0.25, -0.2) is 4.79 Å². The second-order valence-electron chi connectivity index (χ2n) is 5.09. The molecule has 0 aliphatic heterocycles. The van der Waals surface area contributed by atoms with E-state index in [-0.39, 0.29) is 6.61 Å². The van der Waals surface area contributed by atoms with E-state index in [1.165, 1.54) is 6.08 Å². The van der Waals surface area contributed by atoms with Crippen molar-refractivity contribution in [3.63, 3.8) is 0 Å². The van der Waals surface area contributed by atoms with Gasteiger partial charge in [-0.3, -0.25) is 0 Å². The molecule has 0 aromatic heterocycles. The Morgan fingerprint density at radius 1 is 1.08 bits per heavy atom. The van der Waals surface area contributed by atoms with Crippen molar-refractivity contribution < 1.29 is 24.1 Å². The normalized spacial score (nSPS) is 10.7. The van der Waals surface area contributed by atoms with E-state index in [1.807, 2.05) is 6.92 Å². The first-order valence-electron chi connectivity index (χ1n) is 7.88. The average molecular weight is 397 g/mol. The summed E-state index contributed by atoms with van der Waals surface area (Å²) < 4.78 is 16.8. The van der Waals surface area contributed by atoms with Gasteiger partial charge < -0.3 is 19.3 Å². The highest BCUT2D eigenvalue weighted by atomic mass is 35.5. The smallest absolute Gasteiger partial charge is 0.328 e. The maximum Gasteiger partial charge on any atom is 0.328 e. The molecule has 7 heteroatoms. The Hall–Kier alpha value is -2.37. The van der Waals surface area contributed by atoms with Crippen LogP contribution in [0.1, 0.15) is 12.5 Å². The van der Waals surface area contributed by atoms with Crippen LogP contribution in [0, 0.1) is 0 Å². The Morgan fingerprint density at radius 2 is 1.77 bits per heavy atom. The Balaban J connectivity index is 2.02. The van der Waals surface area contributed by atoms with Crippen LogP contribution < -0.4 is 14.2 Å². The maximum absolute atomic E-state index is 10.6. The largest absolute Gasteiger partial charge is 0.490 e. The summed E-state index contributed by atoms with van der Waals surface area (Å²) in [4.78, 5) is 10.6. The summed E-state index contributed by atoms with van der Waals surface area (Å²) in [6.07, 6.45) is 2.46. The van der Waals surface area contributed by atoms with Crippen molar-refractivity contribution in [3.8, 4) is 17.2 Å². The van der Waals surface area contributed by atoms with E-state index >= 15 is 0 Å². The summed E-state index contributed by atoms with van der Waals surface area (Å²) >= 11 is 12.1. The second-order valence-corrected chi connectivity index (χ2v) is 5.93. The van der Waals surface area contributed by atoms with E-state index in [9.17, 15) is 4.79 Å². The minimum absolute atomic E-state index is 0.257. The minimum atomic E-state index is -1.04. The molecular formula is C19H18Cl2O5. The van der Waals surface area contributed by atoms with E-state index in [1.54, 1.807) is 36.4 Å². The predicted octanol–water partition coefficient (Wildman–Crippen LogP) is 4.95. The molecule has 2 aromatic carbocycles. The highest BCUT2D eigenvalue weighted by molar-refractivity contribution is 6.32. The molecule has 0 saturated heterocycles. The molecule has 0 atom stereocenters. The van der Waals surface area contributed by atoms with Crippen LogP contribution in [-0.4, -0.2) is 30.9 Å². The summed E-state index contributed by atoms with van der Waals surface area (Å²) in [5, 5.41) is 9.69. The Bertz CT molecular complexity index is 772. The molecule has 0 unspecified atom stereocenters. The predicted molar refractivity (Wildman–Crippen MR) is 102 cm³/mol. The fourth-order valence-electron chi connectivity index (χ4n) is 2.09. The summed E-state index contributed by atoms with van der Waals surface area (Å²) in [5.74, 6) is 0.472. The number of benzene rings is 2. The second kappa shape index (κ2) is 9.94. The first-order chi connectivity index (χ1) is 12.5. The number of hydrogen-bond donors (Lipinski definition) is 1. The van der Waals surface area contributed by atoms with E-state index < -0.39 is 5.97 Å². The fourth-order valence-corrected chi connectivity index (χ4v) is 2.49. The van der Waals surface area contributed by atoms with Crippen molar-refractivity contribution in [2.45, 2.75) is 6.92 Å². The van der Waals surface area contributed by atoms with Crippen molar-refractivity contribution in [1.29, 1.82) is 0 Å². The topological polar surface area (TPSA) is 65.0 Å². The molecule has 0 aliphatic carbocycles. The van der Waals surface area contributed by atoms with Gasteiger partial charge in [0.2, 0.25) is 0 Å². The van der Waals surface area contributed by atoms with Crippen LogP contribution in [0.15, 0.2) is 42.5 Å². The van der Waals surface area contributed by atoms with Crippen LogP contribution in [0.5, 0.6) is 17.2 Å². The van der Waals surface area contributed by atoms with Crippen LogP contribution in [0.25, 0.3) is 6.08 Å². The van der Waals surface area contributed by atoms with Crippen LogP contribution in [0.4, 0.5) is 0 Å². The van der Waals surface area contributed by atoms with Crippen LogP contribution in [0.2, 0.25) is 10.0 Å². The fraction of sp³-hybridized carbons (Fsp3) is 0.211. The summed E-state index contributed by atoms with van der Waals surface area (Å²) in [6, 6.07) is 10.3.